The fraction of sp³-hybridized carbons (Fsp3) is 0. The summed E-state index contributed by atoms with van der Waals surface area (Å²) in [6.45, 7) is 0. The Labute approximate surface area is 155 Å². The van der Waals surface area contributed by atoms with Crippen LogP contribution in [0.25, 0.3) is 16.6 Å². The Kier molecular flexibility index (Phi) is 3.79. The minimum atomic E-state index is -0.615. The maximum absolute atomic E-state index is 12.7. The molecule has 1 aromatic carbocycles. The molecule has 11 heteroatoms. The summed E-state index contributed by atoms with van der Waals surface area (Å²) in [6.07, 6.45) is 4.01. The van der Waals surface area contributed by atoms with Gasteiger partial charge in [0.25, 0.3) is 17.2 Å². The van der Waals surface area contributed by atoms with Crippen molar-refractivity contribution in [2.75, 3.05) is 5.43 Å². The van der Waals surface area contributed by atoms with Crippen LogP contribution in [0.5, 0.6) is 0 Å². The highest BCUT2D eigenvalue weighted by Gasteiger charge is 2.14. The number of hydrogen-bond donors (Lipinski definition) is 1. The summed E-state index contributed by atoms with van der Waals surface area (Å²) in [5.41, 5.74) is 2.90. The number of fused-ring (bicyclic) bond motifs is 3. The third-order valence-electron chi connectivity index (χ3n) is 4.08. The second-order valence-corrected chi connectivity index (χ2v) is 5.70. The van der Waals surface area contributed by atoms with Crippen molar-refractivity contribution in [2.45, 2.75) is 0 Å². The Hall–Kier alpha value is -4.59. The predicted molar refractivity (Wildman–Crippen MR) is 96.3 cm³/mol. The fourth-order valence-electron chi connectivity index (χ4n) is 2.69. The molecule has 11 nitrogen and oxygen atoms in total. The van der Waals surface area contributed by atoms with Crippen LogP contribution >= 0.6 is 0 Å². The first kappa shape index (κ1) is 16.9. The van der Waals surface area contributed by atoms with E-state index in [0.717, 1.165) is 4.68 Å². The first-order valence-electron chi connectivity index (χ1n) is 7.83. The van der Waals surface area contributed by atoms with Crippen LogP contribution in [0.2, 0.25) is 0 Å². The van der Waals surface area contributed by atoms with Gasteiger partial charge in [-0.25, -0.2) is 14.2 Å². The summed E-state index contributed by atoms with van der Waals surface area (Å²) in [5, 5.41) is 24.0. The molecule has 0 saturated carbocycles. The molecule has 0 aliphatic carbocycles. The number of carbonyl (C=O) groups is 1. The van der Waals surface area contributed by atoms with Gasteiger partial charge in [-0.2, -0.15) is 10.4 Å². The maximum Gasteiger partial charge on any atom is 0.280 e. The van der Waals surface area contributed by atoms with Gasteiger partial charge in [0.05, 0.1) is 22.0 Å². The van der Waals surface area contributed by atoms with E-state index in [1.165, 1.54) is 47.4 Å². The number of nitrogens with zero attached hydrogens (tertiary/aromatic N) is 6. The largest absolute Gasteiger partial charge is 0.280 e. The average molecular weight is 375 g/mol. The number of amides is 1. The number of benzene rings is 1. The SMILES string of the molecule is N#Cc1cnn2c1ncc1c(=O)n(NC(=O)c3ccc([N+](=O)[O-])cc3)ccc12. The quantitative estimate of drug-likeness (QED) is 0.418. The molecular weight excluding hydrogens is 366 g/mol. The molecular formula is C17H9N7O4. The maximum atomic E-state index is 12.7. The zero-order valence-electron chi connectivity index (χ0n) is 13.9. The van der Waals surface area contributed by atoms with Crippen molar-refractivity contribution < 1.29 is 9.72 Å². The van der Waals surface area contributed by atoms with Gasteiger partial charge in [-0.3, -0.25) is 25.1 Å². The summed E-state index contributed by atoms with van der Waals surface area (Å²) >= 11 is 0. The molecule has 0 unspecified atom stereocenters. The molecule has 3 heterocycles. The van der Waals surface area contributed by atoms with Crippen molar-refractivity contribution in [3.63, 3.8) is 0 Å². The van der Waals surface area contributed by atoms with Crippen molar-refractivity contribution >= 4 is 28.1 Å². The Morgan fingerprint density at radius 2 is 1.96 bits per heavy atom. The van der Waals surface area contributed by atoms with Gasteiger partial charge in [0.2, 0.25) is 0 Å². The summed E-state index contributed by atoms with van der Waals surface area (Å²) in [4.78, 5) is 39.2. The molecule has 1 amide bonds. The van der Waals surface area contributed by atoms with Crippen LogP contribution in [0.1, 0.15) is 15.9 Å². The first-order chi connectivity index (χ1) is 13.5. The molecule has 136 valence electrons. The number of nitriles is 1. The zero-order valence-corrected chi connectivity index (χ0v) is 13.9. The number of nitrogens with one attached hydrogen (secondary N) is 1. The standard InChI is InChI=1S/C17H9N7O4/c18-7-11-8-20-23-14-5-6-22(17(26)13(14)9-19-15(11)23)21-16(25)10-1-3-12(4-2-10)24(27)28/h1-6,8-9H,(H,21,25). The number of nitro groups is 1. The van der Waals surface area contributed by atoms with E-state index in [1.807, 2.05) is 6.07 Å². The third kappa shape index (κ3) is 2.61. The number of carbonyl (C=O) groups excluding carboxylic acids is 1. The van der Waals surface area contributed by atoms with Gasteiger partial charge in [-0.15, -0.1) is 0 Å². The molecule has 0 spiro atoms. The summed E-state index contributed by atoms with van der Waals surface area (Å²) < 4.78 is 2.35. The van der Waals surface area contributed by atoms with Gasteiger partial charge in [0, 0.05) is 30.1 Å². The molecule has 0 saturated heterocycles. The Morgan fingerprint density at radius 1 is 1.21 bits per heavy atom. The monoisotopic (exact) mass is 375 g/mol. The molecule has 0 fully saturated rings. The van der Waals surface area contributed by atoms with E-state index in [1.54, 1.807) is 6.07 Å². The van der Waals surface area contributed by atoms with E-state index in [9.17, 15) is 19.7 Å². The molecule has 28 heavy (non-hydrogen) atoms. The predicted octanol–water partition coefficient (Wildman–Crippen LogP) is 1.21. The van der Waals surface area contributed by atoms with Crippen LogP contribution in [-0.2, 0) is 0 Å². The summed E-state index contributed by atoms with van der Waals surface area (Å²) in [7, 11) is 0. The summed E-state index contributed by atoms with van der Waals surface area (Å²) in [6, 6.07) is 8.49. The molecule has 0 aliphatic heterocycles. The molecule has 0 aliphatic rings. The lowest BCUT2D eigenvalue weighted by molar-refractivity contribution is -0.384. The minimum absolute atomic E-state index is 0.148. The normalized spacial score (nSPS) is 10.7. The van der Waals surface area contributed by atoms with E-state index in [0.29, 0.717) is 11.2 Å². The molecule has 0 atom stereocenters. The van der Waals surface area contributed by atoms with Crippen molar-refractivity contribution in [2.24, 2.45) is 0 Å². The van der Waals surface area contributed by atoms with Crippen molar-refractivity contribution in [1.82, 2.24) is 19.3 Å². The highest BCUT2D eigenvalue weighted by Crippen LogP contribution is 2.14. The van der Waals surface area contributed by atoms with Gasteiger partial charge in [-0.1, -0.05) is 0 Å². The second-order valence-electron chi connectivity index (χ2n) is 5.70. The van der Waals surface area contributed by atoms with Crippen LogP contribution in [0.3, 0.4) is 0 Å². The van der Waals surface area contributed by atoms with Crippen LogP contribution in [0.15, 0.2) is 53.7 Å². The molecule has 4 rings (SSSR count). The summed E-state index contributed by atoms with van der Waals surface area (Å²) in [5.74, 6) is -0.615. The molecule has 4 aromatic rings. The van der Waals surface area contributed by atoms with Gasteiger partial charge < -0.3 is 0 Å². The van der Waals surface area contributed by atoms with E-state index >= 15 is 0 Å². The van der Waals surface area contributed by atoms with Crippen LogP contribution < -0.4 is 11.0 Å². The van der Waals surface area contributed by atoms with Crippen LogP contribution in [0, 0.1) is 21.4 Å². The van der Waals surface area contributed by atoms with Crippen LogP contribution in [-0.4, -0.2) is 30.1 Å². The van der Waals surface area contributed by atoms with E-state index < -0.39 is 16.4 Å². The molecule has 0 radical (unpaired) electrons. The number of non-ortho nitro benzene ring substituents is 1. The zero-order chi connectivity index (χ0) is 19.8. The van der Waals surface area contributed by atoms with Gasteiger partial charge in [0.15, 0.2) is 5.65 Å². The number of pyridine rings is 1. The molecule has 0 bridgehead atoms. The highest BCUT2D eigenvalue weighted by molar-refractivity contribution is 6.00. The average Bonchev–Trinajstić information content (AvgIpc) is 3.13. The first-order valence-corrected chi connectivity index (χ1v) is 7.83. The highest BCUT2D eigenvalue weighted by atomic mass is 16.6. The smallest absolute Gasteiger partial charge is 0.267 e. The lowest BCUT2D eigenvalue weighted by atomic mass is 10.2. The number of nitro benzene ring substituents is 1. The Balaban J connectivity index is 1.71. The topological polar surface area (TPSA) is 148 Å². The number of aromatic nitrogens is 4. The lowest BCUT2D eigenvalue weighted by Crippen LogP contribution is -2.33. The number of hydrogen-bond acceptors (Lipinski definition) is 7. The van der Waals surface area contributed by atoms with Crippen LogP contribution in [0.4, 0.5) is 5.69 Å². The number of rotatable bonds is 3. The van der Waals surface area contributed by atoms with E-state index in [2.05, 4.69) is 15.5 Å². The third-order valence-corrected chi connectivity index (χ3v) is 4.08. The Morgan fingerprint density at radius 3 is 2.64 bits per heavy atom. The van der Waals surface area contributed by atoms with E-state index in [-0.39, 0.29) is 22.2 Å². The molecule has 1 N–H and O–H groups in total. The van der Waals surface area contributed by atoms with Gasteiger partial charge >= 0.3 is 0 Å². The van der Waals surface area contributed by atoms with Gasteiger partial charge in [-0.05, 0) is 18.2 Å². The van der Waals surface area contributed by atoms with Gasteiger partial charge in [0.1, 0.15) is 11.6 Å². The minimum Gasteiger partial charge on any atom is -0.267 e. The molecule has 3 aromatic heterocycles. The van der Waals surface area contributed by atoms with Crippen molar-refractivity contribution in [1.29, 1.82) is 5.26 Å². The lowest BCUT2D eigenvalue weighted by Gasteiger charge is -2.09. The second kappa shape index (κ2) is 6.29. The fourth-order valence-corrected chi connectivity index (χ4v) is 2.69. The van der Waals surface area contributed by atoms with Crippen molar-refractivity contribution in [3.05, 3.63) is 80.5 Å². The van der Waals surface area contributed by atoms with Crippen molar-refractivity contribution in [3.8, 4) is 6.07 Å². The Bertz CT molecular complexity index is 1360. The van der Waals surface area contributed by atoms with E-state index in [4.69, 9.17) is 5.26 Å².